The van der Waals surface area contributed by atoms with Crippen LogP contribution < -0.4 is 26.2 Å². The number of aliphatic hydroxyl groups excluding tert-OH is 1. The second-order valence-corrected chi connectivity index (χ2v) is 7.83. The van der Waals surface area contributed by atoms with E-state index in [2.05, 4.69) is 25.6 Å². The molecule has 38 heavy (non-hydrogen) atoms. The molecular formula is C23H23FN8O6. The van der Waals surface area contributed by atoms with Crippen LogP contribution in [-0.4, -0.2) is 67.3 Å². The summed E-state index contributed by atoms with van der Waals surface area (Å²) in [5.41, 5.74) is 5.26. The van der Waals surface area contributed by atoms with Crippen molar-refractivity contribution in [3.05, 3.63) is 81.4 Å². The van der Waals surface area contributed by atoms with Crippen molar-refractivity contribution in [1.29, 1.82) is 5.41 Å². The standard InChI is InChI=1S/C23H23FN8O6/c1-37-13-8-14(17(24)16(9-13)38-7-6-33)18(28-12-4-2-11(3-5-12)19(25)26)20-29-23(36)32(31-20)21-15(22(34)35)10-27-30-21/h2-5,8-10,18,28,33H,6-7H2,1H3,(H3,25,26)(H,27,30)(H,34,35)(H,29,31,36). The molecule has 0 aliphatic rings. The molecule has 4 rings (SSSR count). The number of aromatic carboxylic acids is 1. The molecule has 14 nitrogen and oxygen atoms in total. The summed E-state index contributed by atoms with van der Waals surface area (Å²) in [5, 5.41) is 39.5. The number of anilines is 1. The zero-order chi connectivity index (χ0) is 27.4. The molecule has 198 valence electrons. The maximum atomic E-state index is 15.7. The number of hydrogen-bond acceptors (Lipinski definition) is 9. The molecule has 0 amide bonds. The van der Waals surface area contributed by atoms with E-state index in [4.69, 9.17) is 25.7 Å². The quantitative estimate of drug-likeness (QED) is 0.109. The summed E-state index contributed by atoms with van der Waals surface area (Å²) >= 11 is 0. The largest absolute Gasteiger partial charge is 0.497 e. The van der Waals surface area contributed by atoms with Crippen LogP contribution in [0.1, 0.15) is 33.4 Å². The summed E-state index contributed by atoms with van der Waals surface area (Å²) in [6, 6.07) is 7.86. The zero-order valence-electron chi connectivity index (χ0n) is 19.9. The van der Waals surface area contributed by atoms with Crippen molar-refractivity contribution in [1.82, 2.24) is 25.0 Å². The number of nitrogens with one attached hydrogen (secondary N) is 4. The third kappa shape index (κ3) is 5.17. The first-order valence-electron chi connectivity index (χ1n) is 11.0. The number of H-pyrrole nitrogens is 2. The fourth-order valence-corrected chi connectivity index (χ4v) is 3.61. The second kappa shape index (κ2) is 10.8. The van der Waals surface area contributed by atoms with Gasteiger partial charge in [0, 0.05) is 22.9 Å². The number of nitrogens with two attached hydrogens (primary N) is 1. The predicted molar refractivity (Wildman–Crippen MR) is 132 cm³/mol. The number of hydrogen-bond donors (Lipinski definition) is 7. The Morgan fingerprint density at radius 2 is 2.05 bits per heavy atom. The minimum atomic E-state index is -1.34. The number of benzene rings is 2. The van der Waals surface area contributed by atoms with Gasteiger partial charge in [0.15, 0.2) is 23.2 Å². The maximum Gasteiger partial charge on any atom is 0.349 e. The Labute approximate surface area is 213 Å². The molecule has 0 saturated carbocycles. The highest BCUT2D eigenvalue weighted by atomic mass is 19.1. The van der Waals surface area contributed by atoms with Gasteiger partial charge in [-0.05, 0) is 30.3 Å². The molecule has 15 heteroatoms. The molecule has 0 aliphatic carbocycles. The summed E-state index contributed by atoms with van der Waals surface area (Å²) in [5.74, 6) is -2.58. The van der Waals surface area contributed by atoms with Crippen LogP contribution in [0.3, 0.4) is 0 Å². The van der Waals surface area contributed by atoms with Crippen molar-refractivity contribution in [2.75, 3.05) is 25.6 Å². The molecule has 0 saturated heterocycles. The second-order valence-electron chi connectivity index (χ2n) is 7.83. The van der Waals surface area contributed by atoms with E-state index < -0.39 is 23.5 Å². The number of nitrogen functional groups attached to an aromatic ring is 1. The maximum absolute atomic E-state index is 15.7. The van der Waals surface area contributed by atoms with E-state index in [1.807, 2.05) is 0 Å². The third-order valence-corrected chi connectivity index (χ3v) is 5.41. The van der Waals surface area contributed by atoms with Crippen LogP contribution in [-0.2, 0) is 0 Å². The van der Waals surface area contributed by atoms with Crippen molar-refractivity contribution in [3.63, 3.8) is 0 Å². The minimum absolute atomic E-state index is 0.0445. The number of amidine groups is 1. The molecule has 1 atom stereocenters. The fourth-order valence-electron chi connectivity index (χ4n) is 3.61. The van der Waals surface area contributed by atoms with Crippen LogP contribution in [0.5, 0.6) is 11.5 Å². The van der Waals surface area contributed by atoms with Gasteiger partial charge in [0.1, 0.15) is 29.8 Å². The molecule has 0 bridgehead atoms. The van der Waals surface area contributed by atoms with Crippen LogP contribution in [0.4, 0.5) is 10.1 Å². The van der Waals surface area contributed by atoms with Gasteiger partial charge in [-0.3, -0.25) is 15.5 Å². The summed E-state index contributed by atoms with van der Waals surface area (Å²) in [6.45, 7) is -0.540. The highest BCUT2D eigenvalue weighted by Gasteiger charge is 2.27. The van der Waals surface area contributed by atoms with Gasteiger partial charge in [-0.2, -0.15) is 9.78 Å². The lowest BCUT2D eigenvalue weighted by atomic mass is 10.0. The summed E-state index contributed by atoms with van der Waals surface area (Å²) in [6.07, 6.45) is 1.03. The van der Waals surface area contributed by atoms with Gasteiger partial charge in [0.25, 0.3) is 0 Å². The third-order valence-electron chi connectivity index (χ3n) is 5.41. The Morgan fingerprint density at radius 3 is 2.68 bits per heavy atom. The smallest absolute Gasteiger partial charge is 0.349 e. The van der Waals surface area contributed by atoms with E-state index in [1.54, 1.807) is 24.3 Å². The number of carbonyl (C=O) groups is 1. The average Bonchev–Trinajstić information content (AvgIpc) is 3.54. The van der Waals surface area contributed by atoms with Crippen LogP contribution >= 0.6 is 0 Å². The van der Waals surface area contributed by atoms with Gasteiger partial charge in [-0.1, -0.05) is 0 Å². The molecule has 2 aromatic carbocycles. The van der Waals surface area contributed by atoms with Gasteiger partial charge in [0.05, 0.1) is 19.9 Å². The van der Waals surface area contributed by atoms with E-state index >= 15 is 4.39 Å². The number of methoxy groups -OCH3 is 1. The van der Waals surface area contributed by atoms with Gasteiger partial charge >= 0.3 is 11.7 Å². The van der Waals surface area contributed by atoms with Gasteiger partial charge in [-0.15, -0.1) is 5.10 Å². The van der Waals surface area contributed by atoms with Gasteiger partial charge in [0.2, 0.25) is 0 Å². The molecule has 0 aliphatic heterocycles. The summed E-state index contributed by atoms with van der Waals surface area (Å²) in [7, 11) is 1.37. The van der Waals surface area contributed by atoms with Crippen LogP contribution in [0.2, 0.25) is 0 Å². The molecule has 8 N–H and O–H groups in total. The van der Waals surface area contributed by atoms with Gasteiger partial charge in [-0.25, -0.2) is 14.0 Å². The highest BCUT2D eigenvalue weighted by molar-refractivity contribution is 5.95. The van der Waals surface area contributed by atoms with Crippen molar-refractivity contribution in [2.24, 2.45) is 5.73 Å². The van der Waals surface area contributed by atoms with Crippen molar-refractivity contribution < 1.29 is 28.9 Å². The predicted octanol–water partition coefficient (Wildman–Crippen LogP) is 0.986. The Kier molecular flexibility index (Phi) is 7.38. The van der Waals surface area contributed by atoms with E-state index in [0.717, 1.165) is 10.9 Å². The number of carboxylic acids is 1. The summed E-state index contributed by atoms with van der Waals surface area (Å²) in [4.78, 5) is 26.9. The normalized spacial score (nSPS) is 11.7. The molecule has 4 aromatic rings. The monoisotopic (exact) mass is 526 g/mol. The topological polar surface area (TPSA) is 217 Å². The van der Waals surface area contributed by atoms with E-state index in [-0.39, 0.29) is 53.3 Å². The zero-order valence-corrected chi connectivity index (χ0v) is 19.9. The SMILES string of the molecule is COc1cc(OCCO)c(F)c(C(Nc2ccc(C(=N)N)cc2)c2nn(-c3[nH]ncc3C(=O)O)c(=O)[nH]2)c1. The first-order chi connectivity index (χ1) is 18.2. The molecule has 0 fully saturated rings. The van der Waals surface area contributed by atoms with Crippen LogP contribution in [0.25, 0.3) is 5.82 Å². The number of carboxylic acid groups (broad SMARTS) is 1. The fraction of sp³-hybridized carbons (Fsp3) is 0.174. The molecule has 0 radical (unpaired) electrons. The first-order valence-corrected chi connectivity index (χ1v) is 11.0. The Bertz CT molecular complexity index is 1530. The van der Waals surface area contributed by atoms with Crippen LogP contribution in [0.15, 0.2) is 47.4 Å². The molecule has 0 spiro atoms. The van der Waals surface area contributed by atoms with Crippen molar-refractivity contribution >= 4 is 17.5 Å². The number of ether oxygens (including phenoxy) is 2. The van der Waals surface area contributed by atoms with Gasteiger partial charge < -0.3 is 30.7 Å². The Balaban J connectivity index is 1.86. The molecule has 2 aromatic heterocycles. The Hall–Kier alpha value is -5.18. The van der Waals surface area contributed by atoms with Crippen molar-refractivity contribution in [3.8, 4) is 17.3 Å². The van der Waals surface area contributed by atoms with Crippen molar-refractivity contribution in [2.45, 2.75) is 6.04 Å². The van der Waals surface area contributed by atoms with E-state index in [0.29, 0.717) is 11.3 Å². The lowest BCUT2D eigenvalue weighted by Crippen LogP contribution is -2.18. The average molecular weight is 526 g/mol. The number of aromatic amines is 2. The lowest BCUT2D eigenvalue weighted by Gasteiger charge is -2.21. The van der Waals surface area contributed by atoms with Crippen LogP contribution in [0, 0.1) is 11.2 Å². The molecular weight excluding hydrogens is 503 g/mol. The molecule has 1 unspecified atom stereocenters. The number of rotatable bonds is 11. The van der Waals surface area contributed by atoms with E-state index in [1.165, 1.54) is 19.2 Å². The number of aromatic nitrogens is 5. The highest BCUT2D eigenvalue weighted by Crippen LogP contribution is 2.35. The lowest BCUT2D eigenvalue weighted by molar-refractivity contribution is 0.0696. The summed E-state index contributed by atoms with van der Waals surface area (Å²) < 4.78 is 27.1. The Morgan fingerprint density at radius 1 is 1.32 bits per heavy atom. The first kappa shape index (κ1) is 25.9. The number of halogens is 1. The number of nitrogens with zero attached hydrogens (tertiary/aromatic N) is 3. The number of aliphatic hydroxyl groups is 1. The van der Waals surface area contributed by atoms with E-state index in [9.17, 15) is 14.7 Å². The minimum Gasteiger partial charge on any atom is -0.497 e. The molecule has 2 heterocycles.